The Morgan fingerprint density at radius 2 is 2.00 bits per heavy atom. The maximum atomic E-state index is 13.1. The third-order valence-electron chi connectivity index (χ3n) is 3.13. The molecule has 2 heterocycles. The van der Waals surface area contributed by atoms with Crippen molar-refractivity contribution in [3.8, 4) is 11.1 Å². The fourth-order valence-electron chi connectivity index (χ4n) is 2.23. The van der Waals surface area contributed by atoms with Crippen molar-refractivity contribution in [2.45, 2.75) is 6.92 Å². The molecule has 0 atom stereocenters. The number of fused-ring (bicyclic) bond motifs is 1. The molecule has 2 aromatic heterocycles. The number of nitrogens with two attached hydrogens (primary N) is 1. The summed E-state index contributed by atoms with van der Waals surface area (Å²) in [5.41, 5.74) is 9.65. The van der Waals surface area contributed by atoms with Crippen LogP contribution in [0.3, 0.4) is 0 Å². The standard InChI is InChI=1S/C14H11FN4S/c1-8-6-11(9-2-4-10(15)5-3-9)12(13(16)20)14-17-7-18-19(8)14/h2-7H,1H3,(H2,16,20). The van der Waals surface area contributed by atoms with Gasteiger partial charge in [0, 0.05) is 5.69 Å². The largest absolute Gasteiger partial charge is 0.389 e. The summed E-state index contributed by atoms with van der Waals surface area (Å²) in [6, 6.07) is 8.12. The molecule has 4 nitrogen and oxygen atoms in total. The van der Waals surface area contributed by atoms with Crippen LogP contribution in [0.2, 0.25) is 0 Å². The number of hydrogen-bond donors (Lipinski definition) is 1. The van der Waals surface area contributed by atoms with Gasteiger partial charge in [0.15, 0.2) is 5.65 Å². The van der Waals surface area contributed by atoms with Gasteiger partial charge in [-0.3, -0.25) is 0 Å². The first-order valence-corrected chi connectivity index (χ1v) is 6.38. The molecule has 0 amide bonds. The van der Waals surface area contributed by atoms with Crippen molar-refractivity contribution < 1.29 is 4.39 Å². The third-order valence-corrected chi connectivity index (χ3v) is 3.33. The number of aromatic nitrogens is 3. The minimum atomic E-state index is -0.286. The van der Waals surface area contributed by atoms with Crippen molar-refractivity contribution in [3.63, 3.8) is 0 Å². The minimum absolute atomic E-state index is 0.238. The summed E-state index contributed by atoms with van der Waals surface area (Å²) < 4.78 is 14.7. The Labute approximate surface area is 120 Å². The molecule has 0 aliphatic carbocycles. The fraction of sp³-hybridized carbons (Fsp3) is 0.0714. The van der Waals surface area contributed by atoms with Gasteiger partial charge in [-0.1, -0.05) is 24.4 Å². The van der Waals surface area contributed by atoms with Crippen molar-refractivity contribution in [2.75, 3.05) is 0 Å². The topological polar surface area (TPSA) is 56.2 Å². The summed E-state index contributed by atoms with van der Waals surface area (Å²) in [4.78, 5) is 4.45. The van der Waals surface area contributed by atoms with Crippen LogP contribution in [-0.2, 0) is 0 Å². The fourth-order valence-corrected chi connectivity index (χ4v) is 2.43. The molecule has 0 unspecified atom stereocenters. The van der Waals surface area contributed by atoms with Crippen molar-refractivity contribution >= 4 is 22.9 Å². The zero-order chi connectivity index (χ0) is 14.3. The summed E-state index contributed by atoms with van der Waals surface area (Å²) in [6.45, 7) is 1.91. The SMILES string of the molecule is Cc1cc(-c2ccc(F)cc2)c(C(N)=S)c2ncnn12. The van der Waals surface area contributed by atoms with Crippen LogP contribution >= 0.6 is 12.2 Å². The highest BCUT2D eigenvalue weighted by molar-refractivity contribution is 7.80. The van der Waals surface area contributed by atoms with Crippen molar-refractivity contribution in [2.24, 2.45) is 5.73 Å². The zero-order valence-electron chi connectivity index (χ0n) is 10.7. The smallest absolute Gasteiger partial charge is 0.166 e. The van der Waals surface area contributed by atoms with Gasteiger partial charge in [-0.2, -0.15) is 5.10 Å². The summed E-state index contributed by atoms with van der Waals surface area (Å²) in [7, 11) is 0. The zero-order valence-corrected chi connectivity index (χ0v) is 11.5. The Hall–Kier alpha value is -2.34. The Balaban J connectivity index is 2.36. The molecule has 0 radical (unpaired) electrons. The Bertz CT molecular complexity index is 808. The maximum Gasteiger partial charge on any atom is 0.166 e. The van der Waals surface area contributed by atoms with Gasteiger partial charge < -0.3 is 5.73 Å². The van der Waals surface area contributed by atoms with Gasteiger partial charge in [-0.25, -0.2) is 13.9 Å². The molecular weight excluding hydrogens is 275 g/mol. The van der Waals surface area contributed by atoms with Crippen LogP contribution in [0.25, 0.3) is 16.8 Å². The molecule has 3 rings (SSSR count). The maximum absolute atomic E-state index is 13.1. The number of benzene rings is 1. The number of hydrogen-bond acceptors (Lipinski definition) is 3. The number of nitrogens with zero attached hydrogens (tertiary/aromatic N) is 3. The van der Waals surface area contributed by atoms with Crippen LogP contribution in [0.15, 0.2) is 36.7 Å². The first kappa shape index (κ1) is 12.7. The molecule has 0 bridgehead atoms. The molecule has 2 N–H and O–H groups in total. The number of rotatable bonds is 2. The van der Waals surface area contributed by atoms with Crippen molar-refractivity contribution in [3.05, 3.63) is 53.7 Å². The normalized spacial score (nSPS) is 10.9. The van der Waals surface area contributed by atoms with Gasteiger partial charge >= 0.3 is 0 Å². The van der Waals surface area contributed by atoms with E-state index in [1.54, 1.807) is 16.6 Å². The Morgan fingerprint density at radius 1 is 1.30 bits per heavy atom. The molecule has 0 aliphatic heterocycles. The van der Waals surface area contributed by atoms with Gasteiger partial charge in [0.05, 0.1) is 5.56 Å². The van der Waals surface area contributed by atoms with Gasteiger partial charge in [0.2, 0.25) is 0 Å². The average molecular weight is 286 g/mol. The molecule has 0 saturated heterocycles. The van der Waals surface area contributed by atoms with E-state index in [9.17, 15) is 4.39 Å². The second-order valence-corrected chi connectivity index (χ2v) is 4.88. The lowest BCUT2D eigenvalue weighted by Gasteiger charge is -2.11. The number of thiocarbonyl (C=S) groups is 1. The Morgan fingerprint density at radius 3 is 2.65 bits per heavy atom. The van der Waals surface area contributed by atoms with E-state index in [1.807, 2.05) is 13.0 Å². The van der Waals surface area contributed by atoms with Crippen molar-refractivity contribution in [1.29, 1.82) is 0 Å². The van der Waals surface area contributed by atoms with Gasteiger partial charge in [0.25, 0.3) is 0 Å². The van der Waals surface area contributed by atoms with E-state index in [0.717, 1.165) is 16.8 Å². The van der Waals surface area contributed by atoms with Crippen LogP contribution in [-0.4, -0.2) is 19.6 Å². The number of halogens is 1. The van der Waals surface area contributed by atoms with E-state index in [0.29, 0.717) is 11.2 Å². The second kappa shape index (κ2) is 4.64. The molecular formula is C14H11FN4S. The number of aryl methyl sites for hydroxylation is 1. The van der Waals surface area contributed by atoms with Crippen LogP contribution in [0.4, 0.5) is 4.39 Å². The summed E-state index contributed by atoms with van der Waals surface area (Å²) in [6.07, 6.45) is 1.46. The van der Waals surface area contributed by atoms with E-state index >= 15 is 0 Å². The summed E-state index contributed by atoms with van der Waals surface area (Å²) in [5.74, 6) is -0.286. The van der Waals surface area contributed by atoms with E-state index < -0.39 is 0 Å². The van der Waals surface area contributed by atoms with E-state index in [-0.39, 0.29) is 10.8 Å². The van der Waals surface area contributed by atoms with Gasteiger partial charge in [0.1, 0.15) is 17.1 Å². The highest BCUT2D eigenvalue weighted by Crippen LogP contribution is 2.27. The molecule has 6 heteroatoms. The predicted molar refractivity (Wildman–Crippen MR) is 79.0 cm³/mol. The van der Waals surface area contributed by atoms with Crippen molar-refractivity contribution in [1.82, 2.24) is 14.6 Å². The summed E-state index contributed by atoms with van der Waals surface area (Å²) in [5, 5.41) is 4.14. The quantitative estimate of drug-likeness (QED) is 0.735. The first-order valence-electron chi connectivity index (χ1n) is 5.97. The highest BCUT2D eigenvalue weighted by Gasteiger charge is 2.16. The molecule has 0 spiro atoms. The van der Waals surface area contributed by atoms with E-state index in [2.05, 4.69) is 10.1 Å². The molecule has 1 aromatic carbocycles. The van der Waals surface area contributed by atoms with Crippen LogP contribution < -0.4 is 5.73 Å². The number of pyridine rings is 1. The van der Waals surface area contributed by atoms with Crippen LogP contribution in [0.5, 0.6) is 0 Å². The van der Waals surface area contributed by atoms with E-state index in [1.165, 1.54) is 18.5 Å². The van der Waals surface area contributed by atoms with Gasteiger partial charge in [-0.05, 0) is 36.2 Å². The lowest BCUT2D eigenvalue weighted by molar-refractivity contribution is 0.628. The molecule has 20 heavy (non-hydrogen) atoms. The Kier molecular flexibility index (Phi) is 2.94. The second-order valence-electron chi connectivity index (χ2n) is 4.44. The lowest BCUT2D eigenvalue weighted by atomic mass is 10.00. The molecule has 0 aliphatic rings. The van der Waals surface area contributed by atoms with Crippen LogP contribution in [0, 0.1) is 12.7 Å². The minimum Gasteiger partial charge on any atom is -0.389 e. The predicted octanol–water partition coefficient (Wildman–Crippen LogP) is 2.48. The average Bonchev–Trinajstić information content (AvgIpc) is 2.88. The monoisotopic (exact) mass is 286 g/mol. The molecule has 0 saturated carbocycles. The highest BCUT2D eigenvalue weighted by atomic mass is 32.1. The van der Waals surface area contributed by atoms with Gasteiger partial charge in [-0.15, -0.1) is 0 Å². The first-order chi connectivity index (χ1) is 9.58. The molecule has 3 aromatic rings. The third kappa shape index (κ3) is 1.94. The van der Waals surface area contributed by atoms with E-state index in [4.69, 9.17) is 18.0 Å². The lowest BCUT2D eigenvalue weighted by Crippen LogP contribution is -2.14. The molecule has 0 fully saturated rings. The summed E-state index contributed by atoms with van der Waals surface area (Å²) >= 11 is 5.13. The van der Waals surface area contributed by atoms with Crippen LogP contribution in [0.1, 0.15) is 11.3 Å². The molecule has 100 valence electrons.